The Labute approximate surface area is 84.9 Å². The van der Waals surface area contributed by atoms with Crippen molar-refractivity contribution in [1.82, 2.24) is 0 Å². The van der Waals surface area contributed by atoms with E-state index in [4.69, 9.17) is 10.5 Å². The Morgan fingerprint density at radius 2 is 2.00 bits per heavy atom. The minimum absolute atomic E-state index is 0.417. The molecule has 0 bridgehead atoms. The van der Waals surface area contributed by atoms with Crippen molar-refractivity contribution in [2.24, 2.45) is 5.73 Å². The van der Waals surface area contributed by atoms with Gasteiger partial charge in [-0.15, -0.1) is 0 Å². The molecular weight excluding hydrogens is 178 g/mol. The van der Waals surface area contributed by atoms with Gasteiger partial charge in [0.1, 0.15) is 5.76 Å². The van der Waals surface area contributed by atoms with Crippen LogP contribution in [0.5, 0.6) is 0 Å². The largest absolute Gasteiger partial charge is 0.495 e. The van der Waals surface area contributed by atoms with Crippen LogP contribution in [0.2, 0.25) is 0 Å². The van der Waals surface area contributed by atoms with Crippen LogP contribution in [0.3, 0.4) is 0 Å². The van der Waals surface area contributed by atoms with Gasteiger partial charge in [-0.1, -0.05) is 12.7 Å². The van der Waals surface area contributed by atoms with E-state index in [0.717, 1.165) is 5.57 Å². The predicted molar refractivity (Wildman–Crippen MR) is 57.5 cm³/mol. The van der Waals surface area contributed by atoms with E-state index in [-0.39, 0.29) is 0 Å². The van der Waals surface area contributed by atoms with Gasteiger partial charge >= 0.3 is 0 Å². The summed E-state index contributed by atoms with van der Waals surface area (Å²) < 4.78 is 5.14. The van der Waals surface area contributed by atoms with Gasteiger partial charge in [0.15, 0.2) is 0 Å². The van der Waals surface area contributed by atoms with Crippen LogP contribution in [-0.4, -0.2) is 12.5 Å². The van der Waals surface area contributed by atoms with Gasteiger partial charge < -0.3 is 10.5 Å². The Morgan fingerprint density at radius 1 is 1.43 bits per heavy atom. The summed E-state index contributed by atoms with van der Waals surface area (Å²) >= 11 is 0. The molecule has 0 aliphatic rings. The van der Waals surface area contributed by atoms with Crippen LogP contribution in [0.1, 0.15) is 20.8 Å². The van der Waals surface area contributed by atoms with Crippen molar-refractivity contribution in [2.75, 3.05) is 6.61 Å². The average molecular weight is 195 g/mol. The van der Waals surface area contributed by atoms with E-state index in [9.17, 15) is 4.79 Å². The maximum Gasteiger partial charge on any atom is 0.244 e. The molecule has 0 spiro atoms. The summed E-state index contributed by atoms with van der Waals surface area (Å²) in [6.07, 6.45) is 3.46. The van der Waals surface area contributed by atoms with E-state index in [2.05, 4.69) is 6.58 Å². The molecule has 1 amide bonds. The maximum absolute atomic E-state index is 10.7. The first-order valence-electron chi connectivity index (χ1n) is 4.45. The maximum atomic E-state index is 10.7. The number of hydrogen-bond donors (Lipinski definition) is 1. The van der Waals surface area contributed by atoms with Gasteiger partial charge in [-0.3, -0.25) is 4.79 Å². The smallest absolute Gasteiger partial charge is 0.244 e. The molecule has 0 unspecified atom stereocenters. The molecule has 0 saturated carbocycles. The monoisotopic (exact) mass is 195 g/mol. The van der Waals surface area contributed by atoms with Crippen LogP contribution < -0.4 is 5.73 Å². The third-order valence-corrected chi connectivity index (χ3v) is 1.55. The van der Waals surface area contributed by atoms with Crippen LogP contribution in [0.15, 0.2) is 35.6 Å². The molecule has 0 rings (SSSR count). The molecular formula is C11H17NO2. The molecule has 0 saturated heterocycles. The van der Waals surface area contributed by atoms with E-state index >= 15 is 0 Å². The average Bonchev–Trinajstić information content (AvgIpc) is 2.03. The number of carbonyl (C=O) groups excluding carboxylic acids is 1. The highest BCUT2D eigenvalue weighted by Crippen LogP contribution is 2.05. The van der Waals surface area contributed by atoms with Gasteiger partial charge in [-0.25, -0.2) is 0 Å². The quantitative estimate of drug-likeness (QED) is 0.414. The number of amides is 1. The molecule has 2 N–H and O–H groups in total. The van der Waals surface area contributed by atoms with E-state index in [0.29, 0.717) is 17.9 Å². The highest BCUT2D eigenvalue weighted by Gasteiger charge is 1.96. The first-order chi connectivity index (χ1) is 6.47. The lowest BCUT2D eigenvalue weighted by molar-refractivity contribution is -0.114. The summed E-state index contributed by atoms with van der Waals surface area (Å²) in [6.45, 7) is 9.69. The van der Waals surface area contributed by atoms with Gasteiger partial charge in [0.2, 0.25) is 5.91 Å². The van der Waals surface area contributed by atoms with Crippen molar-refractivity contribution in [1.29, 1.82) is 0 Å². The van der Waals surface area contributed by atoms with Gasteiger partial charge in [-0.05, 0) is 32.4 Å². The highest BCUT2D eigenvalue weighted by atomic mass is 16.5. The molecule has 0 aromatic rings. The normalized spacial score (nSPS) is 12.5. The first-order valence-corrected chi connectivity index (χ1v) is 4.45. The lowest BCUT2D eigenvalue weighted by Gasteiger charge is -2.02. The van der Waals surface area contributed by atoms with Crippen molar-refractivity contribution < 1.29 is 9.53 Å². The zero-order valence-electron chi connectivity index (χ0n) is 8.96. The zero-order chi connectivity index (χ0) is 11.1. The van der Waals surface area contributed by atoms with Crippen molar-refractivity contribution in [2.45, 2.75) is 20.8 Å². The summed E-state index contributed by atoms with van der Waals surface area (Å²) in [6, 6.07) is 0. The molecule has 3 nitrogen and oxygen atoms in total. The summed E-state index contributed by atoms with van der Waals surface area (Å²) in [5.74, 6) is 0.165. The fourth-order valence-corrected chi connectivity index (χ4v) is 0.935. The second kappa shape index (κ2) is 6.02. The Kier molecular flexibility index (Phi) is 5.37. The molecule has 78 valence electrons. The topological polar surface area (TPSA) is 52.3 Å². The van der Waals surface area contributed by atoms with Gasteiger partial charge in [0.05, 0.1) is 6.61 Å². The van der Waals surface area contributed by atoms with Gasteiger partial charge in [0.25, 0.3) is 0 Å². The van der Waals surface area contributed by atoms with Crippen LogP contribution in [0.25, 0.3) is 0 Å². The van der Waals surface area contributed by atoms with Crippen LogP contribution in [0, 0.1) is 0 Å². The fourth-order valence-electron chi connectivity index (χ4n) is 0.935. The fraction of sp³-hybridized carbons (Fsp3) is 0.364. The van der Waals surface area contributed by atoms with Crippen molar-refractivity contribution in [3.05, 3.63) is 35.6 Å². The Hall–Kier alpha value is -1.51. The SMILES string of the molecule is C=C(/C=C(C)/C=C(\C)C(N)=O)OCC. The van der Waals surface area contributed by atoms with E-state index < -0.39 is 5.91 Å². The molecule has 0 aromatic carbocycles. The number of primary amides is 1. The molecule has 0 radical (unpaired) electrons. The zero-order valence-corrected chi connectivity index (χ0v) is 8.96. The minimum Gasteiger partial charge on any atom is -0.495 e. The first kappa shape index (κ1) is 12.5. The number of ether oxygens (including phenoxy) is 1. The minimum atomic E-state index is -0.417. The molecule has 0 aliphatic heterocycles. The predicted octanol–water partition coefficient (Wildman–Crippen LogP) is 1.91. The third-order valence-electron chi connectivity index (χ3n) is 1.55. The third kappa shape index (κ3) is 5.19. The summed E-state index contributed by atoms with van der Waals surface area (Å²) in [5, 5.41) is 0. The van der Waals surface area contributed by atoms with E-state index in [1.165, 1.54) is 0 Å². The van der Waals surface area contributed by atoms with Gasteiger partial charge in [-0.2, -0.15) is 0 Å². The Morgan fingerprint density at radius 3 is 2.43 bits per heavy atom. The number of nitrogens with two attached hydrogens (primary N) is 1. The molecule has 0 atom stereocenters. The molecule has 0 aromatic heterocycles. The Balaban J connectivity index is 4.47. The highest BCUT2D eigenvalue weighted by molar-refractivity contribution is 5.91. The molecule has 0 heterocycles. The summed E-state index contributed by atoms with van der Waals surface area (Å²) in [7, 11) is 0. The number of hydrogen-bond acceptors (Lipinski definition) is 2. The lowest BCUT2D eigenvalue weighted by Crippen LogP contribution is -2.11. The van der Waals surface area contributed by atoms with E-state index in [1.807, 2.05) is 13.8 Å². The molecule has 14 heavy (non-hydrogen) atoms. The lowest BCUT2D eigenvalue weighted by atomic mass is 10.1. The number of carbonyl (C=O) groups is 1. The molecule has 3 heteroatoms. The Bertz CT molecular complexity index is 288. The van der Waals surface area contributed by atoms with Gasteiger partial charge in [0, 0.05) is 5.57 Å². The van der Waals surface area contributed by atoms with Crippen LogP contribution >= 0.6 is 0 Å². The van der Waals surface area contributed by atoms with Crippen LogP contribution in [-0.2, 0) is 9.53 Å². The second-order valence-electron chi connectivity index (χ2n) is 2.98. The van der Waals surface area contributed by atoms with Crippen molar-refractivity contribution >= 4 is 5.91 Å². The number of rotatable bonds is 5. The number of allylic oxidation sites excluding steroid dienone is 3. The van der Waals surface area contributed by atoms with Crippen LogP contribution in [0.4, 0.5) is 0 Å². The van der Waals surface area contributed by atoms with Crippen molar-refractivity contribution in [3.8, 4) is 0 Å². The van der Waals surface area contributed by atoms with Crippen molar-refractivity contribution in [3.63, 3.8) is 0 Å². The van der Waals surface area contributed by atoms with E-state index in [1.54, 1.807) is 19.1 Å². The summed E-state index contributed by atoms with van der Waals surface area (Å²) in [5.41, 5.74) is 6.49. The second-order valence-corrected chi connectivity index (χ2v) is 2.98. The molecule has 0 fully saturated rings. The molecule has 0 aliphatic carbocycles. The summed E-state index contributed by atoms with van der Waals surface area (Å²) in [4.78, 5) is 10.7. The standard InChI is InChI=1S/C11H17NO2/c1-5-14-10(4)7-8(2)6-9(3)11(12)13/h6-7H,4-5H2,1-3H3,(H2,12,13)/b8-7+,9-6+.